The van der Waals surface area contributed by atoms with E-state index in [2.05, 4.69) is 4.98 Å². The van der Waals surface area contributed by atoms with Crippen LogP contribution in [0.1, 0.15) is 39.0 Å². The topological polar surface area (TPSA) is 72.8 Å². The van der Waals surface area contributed by atoms with Crippen LogP contribution < -0.4 is 4.90 Å². The number of hydrogen-bond donors (Lipinski definition) is 2. The Labute approximate surface area is 124 Å². The van der Waals surface area contributed by atoms with E-state index >= 15 is 0 Å². The third-order valence-electron chi connectivity index (χ3n) is 3.81. The van der Waals surface area contributed by atoms with Gasteiger partial charge < -0.3 is 19.4 Å². The maximum atomic E-state index is 12.4. The van der Waals surface area contributed by atoms with Crippen LogP contribution in [0.4, 0.5) is 0 Å². The molecular weight excluding hydrogens is 272 g/mol. The highest BCUT2D eigenvalue weighted by Gasteiger charge is 2.25. The maximum absolute atomic E-state index is 12.4. The van der Waals surface area contributed by atoms with Crippen LogP contribution in [-0.4, -0.2) is 56.2 Å². The highest BCUT2D eigenvalue weighted by Crippen LogP contribution is 2.19. The number of nitrogens with one attached hydrogen (secondary N) is 2. The van der Waals surface area contributed by atoms with Crippen molar-refractivity contribution in [3.8, 4) is 0 Å². The molecule has 1 aromatic rings. The second-order valence-electron chi connectivity index (χ2n) is 5.31. The molecule has 1 aliphatic rings. The van der Waals surface area contributed by atoms with Crippen molar-refractivity contribution in [3.63, 3.8) is 0 Å². The molecule has 0 saturated carbocycles. The molecule has 2 rings (SSSR count). The average molecular weight is 295 g/mol. The average Bonchev–Trinajstić information content (AvgIpc) is 2.75. The molecule has 2 N–H and O–H groups in total. The third-order valence-corrected chi connectivity index (χ3v) is 3.81. The Morgan fingerprint density at radius 1 is 1.29 bits per heavy atom. The molecule has 0 bridgehead atoms. The van der Waals surface area contributed by atoms with Crippen LogP contribution in [0.25, 0.3) is 0 Å². The van der Waals surface area contributed by atoms with Crippen molar-refractivity contribution in [1.82, 2.24) is 4.98 Å². The van der Waals surface area contributed by atoms with Crippen molar-refractivity contribution in [2.24, 2.45) is 0 Å². The zero-order chi connectivity index (χ0) is 15.4. The van der Waals surface area contributed by atoms with Crippen molar-refractivity contribution in [3.05, 3.63) is 22.5 Å². The van der Waals surface area contributed by atoms with Gasteiger partial charge in [-0.2, -0.15) is 0 Å². The first-order valence-electron chi connectivity index (χ1n) is 7.35. The number of carbonyl (C=O) groups is 2. The standard InChI is InChI=1S/C15H22N2O4/c1-4-21-15(19)13-10(2)14(16-11(13)3)12(18)9-17-5-7-20-8-6-17/h16H,4-9H2,1-3H3/p+1. The number of quaternary nitrogens is 1. The second kappa shape index (κ2) is 6.87. The molecule has 0 atom stereocenters. The number of esters is 1. The van der Waals surface area contributed by atoms with E-state index in [4.69, 9.17) is 9.47 Å². The number of hydrogen-bond acceptors (Lipinski definition) is 4. The number of ether oxygens (including phenoxy) is 2. The Morgan fingerprint density at radius 3 is 2.57 bits per heavy atom. The molecule has 0 amide bonds. The fraction of sp³-hybridized carbons (Fsp3) is 0.600. The van der Waals surface area contributed by atoms with E-state index in [9.17, 15) is 9.59 Å². The van der Waals surface area contributed by atoms with Crippen LogP contribution in [0.2, 0.25) is 0 Å². The Morgan fingerprint density at radius 2 is 1.95 bits per heavy atom. The molecule has 21 heavy (non-hydrogen) atoms. The molecule has 0 aliphatic carbocycles. The van der Waals surface area contributed by atoms with Gasteiger partial charge in [-0.1, -0.05) is 0 Å². The molecule has 1 aliphatic heterocycles. The lowest BCUT2D eigenvalue weighted by Gasteiger charge is -2.22. The lowest BCUT2D eigenvalue weighted by molar-refractivity contribution is -0.899. The lowest BCUT2D eigenvalue weighted by atomic mass is 10.1. The second-order valence-corrected chi connectivity index (χ2v) is 5.31. The summed E-state index contributed by atoms with van der Waals surface area (Å²) in [5.41, 5.74) is 2.38. The maximum Gasteiger partial charge on any atom is 0.340 e. The Balaban J connectivity index is 2.14. The van der Waals surface area contributed by atoms with E-state index in [1.54, 1.807) is 20.8 Å². The Kier molecular flexibility index (Phi) is 5.14. The van der Waals surface area contributed by atoms with Gasteiger partial charge in [-0.25, -0.2) is 4.79 Å². The summed E-state index contributed by atoms with van der Waals surface area (Å²) in [7, 11) is 0. The molecule has 6 nitrogen and oxygen atoms in total. The van der Waals surface area contributed by atoms with Crippen molar-refractivity contribution in [2.75, 3.05) is 39.5 Å². The molecule has 0 radical (unpaired) electrons. The number of aromatic nitrogens is 1. The monoisotopic (exact) mass is 295 g/mol. The number of rotatable bonds is 5. The minimum Gasteiger partial charge on any atom is -0.462 e. The molecular formula is C15H23N2O4+. The fourth-order valence-electron chi connectivity index (χ4n) is 2.69. The molecule has 2 heterocycles. The smallest absolute Gasteiger partial charge is 0.340 e. The minimum absolute atomic E-state index is 0.0306. The largest absolute Gasteiger partial charge is 0.462 e. The number of Topliss-reactive ketones (excluding diaryl/α,β-unsaturated/α-hetero) is 1. The molecule has 0 aromatic carbocycles. The van der Waals surface area contributed by atoms with E-state index < -0.39 is 0 Å². The van der Waals surface area contributed by atoms with Gasteiger partial charge >= 0.3 is 5.97 Å². The Hall–Kier alpha value is -1.66. The summed E-state index contributed by atoms with van der Waals surface area (Å²) in [6, 6.07) is 0. The van der Waals surface area contributed by atoms with Gasteiger partial charge in [-0.15, -0.1) is 0 Å². The number of H-pyrrole nitrogens is 1. The number of ketones is 1. The van der Waals surface area contributed by atoms with Gasteiger partial charge in [0.1, 0.15) is 19.6 Å². The van der Waals surface area contributed by atoms with Gasteiger partial charge in [0.15, 0.2) is 0 Å². The first-order chi connectivity index (χ1) is 10.0. The minimum atomic E-state index is -0.374. The summed E-state index contributed by atoms with van der Waals surface area (Å²) < 4.78 is 10.3. The van der Waals surface area contributed by atoms with Crippen LogP contribution in [0.5, 0.6) is 0 Å². The normalized spacial score (nSPS) is 16.0. The van der Waals surface area contributed by atoms with E-state index in [0.717, 1.165) is 13.1 Å². The van der Waals surface area contributed by atoms with Crippen LogP contribution >= 0.6 is 0 Å². The van der Waals surface area contributed by atoms with Gasteiger partial charge in [-0.05, 0) is 26.3 Å². The summed E-state index contributed by atoms with van der Waals surface area (Å²) in [6.45, 7) is 9.16. The van der Waals surface area contributed by atoms with Gasteiger partial charge in [0.2, 0.25) is 5.78 Å². The van der Waals surface area contributed by atoms with Crippen LogP contribution in [0.3, 0.4) is 0 Å². The van der Waals surface area contributed by atoms with Crippen molar-refractivity contribution in [2.45, 2.75) is 20.8 Å². The first kappa shape index (κ1) is 15.7. The number of aryl methyl sites for hydroxylation is 1. The number of morpholine rings is 1. The molecule has 0 spiro atoms. The Bertz CT molecular complexity index is 530. The highest BCUT2D eigenvalue weighted by atomic mass is 16.5. The van der Waals surface area contributed by atoms with Crippen molar-refractivity contribution in [1.29, 1.82) is 0 Å². The molecule has 1 fully saturated rings. The van der Waals surface area contributed by atoms with Crippen LogP contribution in [0.15, 0.2) is 0 Å². The summed E-state index contributed by atoms with van der Waals surface area (Å²) in [4.78, 5) is 28.6. The summed E-state index contributed by atoms with van der Waals surface area (Å²) in [5.74, 6) is -0.343. The quantitative estimate of drug-likeness (QED) is 0.588. The zero-order valence-electron chi connectivity index (χ0n) is 12.9. The SMILES string of the molecule is CCOC(=O)c1c(C)[nH]c(C(=O)C[NH+]2CCOCC2)c1C. The molecule has 0 unspecified atom stereocenters. The van der Waals surface area contributed by atoms with Crippen LogP contribution in [0, 0.1) is 13.8 Å². The molecule has 6 heteroatoms. The van der Waals surface area contributed by atoms with Gasteiger partial charge in [-0.3, -0.25) is 4.79 Å². The van der Waals surface area contributed by atoms with Crippen LogP contribution in [-0.2, 0) is 9.47 Å². The summed E-state index contributed by atoms with van der Waals surface area (Å²) >= 11 is 0. The first-order valence-corrected chi connectivity index (χ1v) is 7.35. The van der Waals surface area contributed by atoms with Gasteiger partial charge in [0.05, 0.1) is 31.1 Å². The fourth-order valence-corrected chi connectivity index (χ4v) is 2.69. The molecule has 1 saturated heterocycles. The zero-order valence-corrected chi connectivity index (χ0v) is 12.9. The molecule has 116 valence electrons. The van der Waals surface area contributed by atoms with E-state index in [1.165, 1.54) is 4.90 Å². The van der Waals surface area contributed by atoms with Crippen molar-refractivity contribution < 1.29 is 24.0 Å². The third kappa shape index (κ3) is 3.51. The van der Waals surface area contributed by atoms with Crippen molar-refractivity contribution >= 4 is 11.8 Å². The lowest BCUT2D eigenvalue weighted by Crippen LogP contribution is -3.14. The summed E-state index contributed by atoms with van der Waals surface area (Å²) in [5, 5.41) is 0. The van der Waals surface area contributed by atoms with E-state index in [1.807, 2.05) is 0 Å². The summed E-state index contributed by atoms with van der Waals surface area (Å²) in [6.07, 6.45) is 0. The van der Waals surface area contributed by atoms with Gasteiger partial charge in [0, 0.05) is 5.69 Å². The number of carbonyl (C=O) groups excluding carboxylic acids is 2. The predicted octanol–water partition coefficient (Wildman–Crippen LogP) is -0.0940. The van der Waals surface area contributed by atoms with Gasteiger partial charge in [0.25, 0.3) is 0 Å². The molecule has 1 aromatic heterocycles. The highest BCUT2D eigenvalue weighted by molar-refractivity contribution is 6.01. The predicted molar refractivity (Wildman–Crippen MR) is 76.9 cm³/mol. The van der Waals surface area contributed by atoms with E-state index in [0.29, 0.717) is 48.9 Å². The van der Waals surface area contributed by atoms with E-state index in [-0.39, 0.29) is 11.8 Å². The number of aromatic amines is 1.